The Balaban J connectivity index is 3.11. The van der Waals surface area contributed by atoms with Crippen molar-refractivity contribution < 1.29 is 18.0 Å². The van der Waals surface area contributed by atoms with E-state index in [9.17, 15) is 18.0 Å². The number of hydrogen-bond acceptors (Lipinski definition) is 5. The number of nitrogens with one attached hydrogen (secondary N) is 2. The van der Waals surface area contributed by atoms with E-state index in [1.54, 1.807) is 32.9 Å². The molecule has 0 bridgehead atoms. The van der Waals surface area contributed by atoms with Crippen molar-refractivity contribution in [3.8, 4) is 0 Å². The molecule has 0 aromatic heterocycles. The molecule has 0 radical (unpaired) electrons. The first kappa shape index (κ1) is 23.3. The molecule has 0 heterocycles. The van der Waals surface area contributed by atoms with Gasteiger partial charge in [-0.2, -0.15) is 16.1 Å². The number of carbonyl (C=O) groups excluding carboxylic acids is 2. The van der Waals surface area contributed by atoms with Gasteiger partial charge >= 0.3 is 6.03 Å². The number of amides is 3. The van der Waals surface area contributed by atoms with Crippen LogP contribution < -0.4 is 16.4 Å². The smallest absolute Gasteiger partial charge is 0.312 e. The molecule has 0 aliphatic heterocycles. The van der Waals surface area contributed by atoms with E-state index in [4.69, 9.17) is 5.73 Å². The highest BCUT2D eigenvalue weighted by Gasteiger charge is 2.25. The molecular weight excluding hydrogens is 388 g/mol. The number of aryl methyl sites for hydroxylation is 1. The fraction of sp³-hybridized carbons (Fsp3) is 0.529. The van der Waals surface area contributed by atoms with Crippen LogP contribution in [0.5, 0.6) is 0 Å². The van der Waals surface area contributed by atoms with Crippen molar-refractivity contribution in [2.75, 3.05) is 30.4 Å². The van der Waals surface area contributed by atoms with E-state index in [-0.39, 0.29) is 4.90 Å². The number of carbonyl (C=O) groups is 2. The number of nitrogens with two attached hydrogens (primary N) is 1. The maximum absolute atomic E-state index is 12.8. The summed E-state index contributed by atoms with van der Waals surface area (Å²) in [5.74, 6) is 0.214. The first-order valence-corrected chi connectivity index (χ1v) is 11.5. The Bertz CT molecular complexity index is 764. The van der Waals surface area contributed by atoms with Gasteiger partial charge in [0, 0.05) is 18.8 Å². The van der Waals surface area contributed by atoms with Gasteiger partial charge in [-0.15, -0.1) is 0 Å². The fourth-order valence-corrected chi connectivity index (χ4v) is 4.74. The molecule has 0 spiro atoms. The Morgan fingerprint density at radius 3 is 2.41 bits per heavy atom. The number of benzene rings is 1. The van der Waals surface area contributed by atoms with Crippen LogP contribution in [0.3, 0.4) is 0 Å². The number of rotatable bonds is 10. The van der Waals surface area contributed by atoms with Crippen LogP contribution in [0, 0.1) is 6.92 Å². The third-order valence-corrected chi connectivity index (χ3v) is 6.86. The molecule has 0 fully saturated rings. The van der Waals surface area contributed by atoms with Crippen LogP contribution in [0.4, 0.5) is 10.5 Å². The Kier molecular flexibility index (Phi) is 9.07. The Morgan fingerprint density at radius 2 is 1.89 bits per heavy atom. The Labute approximate surface area is 165 Å². The van der Waals surface area contributed by atoms with Crippen LogP contribution >= 0.6 is 11.8 Å². The average Bonchev–Trinajstić information content (AvgIpc) is 2.60. The van der Waals surface area contributed by atoms with Crippen LogP contribution in [0.1, 0.15) is 25.8 Å². The largest absolute Gasteiger partial charge is 0.352 e. The van der Waals surface area contributed by atoms with Gasteiger partial charge in [-0.25, -0.2) is 13.2 Å². The van der Waals surface area contributed by atoms with E-state index in [0.717, 1.165) is 0 Å². The highest BCUT2D eigenvalue weighted by Crippen LogP contribution is 2.24. The van der Waals surface area contributed by atoms with Gasteiger partial charge in [-0.05, 0) is 43.0 Å². The molecule has 0 aliphatic carbocycles. The summed E-state index contributed by atoms with van der Waals surface area (Å²) < 4.78 is 27.0. The molecule has 0 saturated heterocycles. The normalized spacial score (nSPS) is 12.6. The molecule has 1 rings (SSSR count). The molecule has 152 valence electrons. The van der Waals surface area contributed by atoms with E-state index in [1.165, 1.54) is 22.1 Å². The van der Waals surface area contributed by atoms with E-state index >= 15 is 0 Å². The monoisotopic (exact) mass is 416 g/mol. The molecule has 0 saturated carbocycles. The van der Waals surface area contributed by atoms with Crippen molar-refractivity contribution in [3.63, 3.8) is 0 Å². The number of urea groups is 1. The number of hydrogen-bond donors (Lipinski definition) is 3. The summed E-state index contributed by atoms with van der Waals surface area (Å²) in [6.07, 6.45) is 2.30. The first-order valence-electron chi connectivity index (χ1n) is 8.63. The lowest BCUT2D eigenvalue weighted by Gasteiger charge is -2.21. The lowest BCUT2D eigenvalue weighted by molar-refractivity contribution is -0.117. The summed E-state index contributed by atoms with van der Waals surface area (Å²) in [6.45, 7) is 5.96. The second-order valence-electron chi connectivity index (χ2n) is 5.90. The van der Waals surface area contributed by atoms with Gasteiger partial charge in [0.25, 0.3) is 0 Å². The minimum Gasteiger partial charge on any atom is -0.352 e. The number of thioether (sulfide) groups is 1. The highest BCUT2D eigenvalue weighted by atomic mass is 32.2. The summed E-state index contributed by atoms with van der Waals surface area (Å²) in [4.78, 5) is 23.8. The molecule has 1 atom stereocenters. The van der Waals surface area contributed by atoms with Gasteiger partial charge in [0.2, 0.25) is 15.9 Å². The summed E-state index contributed by atoms with van der Waals surface area (Å²) in [7, 11) is -3.65. The van der Waals surface area contributed by atoms with Crippen molar-refractivity contribution in [1.29, 1.82) is 0 Å². The van der Waals surface area contributed by atoms with Crippen LogP contribution in [0.2, 0.25) is 0 Å². The van der Waals surface area contributed by atoms with E-state index < -0.39 is 28.0 Å². The summed E-state index contributed by atoms with van der Waals surface area (Å²) in [5, 5.41) is 5.08. The maximum atomic E-state index is 12.8. The zero-order valence-corrected chi connectivity index (χ0v) is 17.7. The zero-order valence-electron chi connectivity index (χ0n) is 16.1. The number of sulfonamides is 1. The van der Waals surface area contributed by atoms with Gasteiger partial charge < -0.3 is 16.4 Å². The molecular formula is C17H28N4O4S2. The van der Waals surface area contributed by atoms with Gasteiger partial charge in [-0.1, -0.05) is 19.9 Å². The van der Waals surface area contributed by atoms with E-state index in [2.05, 4.69) is 10.6 Å². The fourth-order valence-electron chi connectivity index (χ4n) is 2.56. The molecule has 10 heteroatoms. The van der Waals surface area contributed by atoms with Crippen molar-refractivity contribution in [2.24, 2.45) is 5.73 Å². The second kappa shape index (κ2) is 10.5. The molecule has 0 unspecified atom stereocenters. The SMILES string of the molecule is CCN(CC)S(=O)(=O)c1cc(NC(=O)[C@@H](CCSC)NC(N)=O)ccc1C. The van der Waals surface area contributed by atoms with Crippen LogP contribution in [0.25, 0.3) is 0 Å². The van der Waals surface area contributed by atoms with Crippen LogP contribution in [-0.2, 0) is 14.8 Å². The van der Waals surface area contributed by atoms with Crippen molar-refractivity contribution in [3.05, 3.63) is 23.8 Å². The third-order valence-electron chi connectivity index (χ3n) is 4.02. The van der Waals surface area contributed by atoms with Crippen molar-refractivity contribution >= 4 is 39.4 Å². The van der Waals surface area contributed by atoms with Gasteiger partial charge in [0.1, 0.15) is 6.04 Å². The van der Waals surface area contributed by atoms with Gasteiger partial charge in [0.05, 0.1) is 4.90 Å². The van der Waals surface area contributed by atoms with E-state index in [0.29, 0.717) is 36.5 Å². The topological polar surface area (TPSA) is 122 Å². The first-order chi connectivity index (χ1) is 12.7. The average molecular weight is 417 g/mol. The minimum absolute atomic E-state index is 0.146. The molecule has 8 nitrogen and oxygen atoms in total. The number of primary amides is 1. The van der Waals surface area contributed by atoms with Crippen LogP contribution in [-0.4, -0.2) is 55.8 Å². The molecule has 4 N–H and O–H groups in total. The maximum Gasteiger partial charge on any atom is 0.312 e. The van der Waals surface area contributed by atoms with Crippen molar-refractivity contribution in [1.82, 2.24) is 9.62 Å². The standard InChI is InChI=1S/C17H28N4O4S2/c1-5-21(6-2)27(24,25)15-11-13(8-7-12(15)3)19-16(22)14(9-10-26-4)20-17(18)23/h7-8,11,14H,5-6,9-10H2,1-4H3,(H,19,22)(H3,18,20,23)/t14-/m1/s1. The molecule has 0 aliphatic rings. The number of anilines is 1. The molecule has 1 aromatic rings. The predicted octanol–water partition coefficient (Wildman–Crippen LogP) is 1.75. The predicted molar refractivity (Wildman–Crippen MR) is 109 cm³/mol. The quantitative estimate of drug-likeness (QED) is 0.536. The zero-order chi connectivity index (χ0) is 20.6. The summed E-state index contributed by atoms with van der Waals surface area (Å²) >= 11 is 1.54. The number of nitrogens with zero attached hydrogens (tertiary/aromatic N) is 1. The summed E-state index contributed by atoms with van der Waals surface area (Å²) in [5.41, 5.74) is 6.08. The second-order valence-corrected chi connectivity index (χ2v) is 8.79. The molecule has 3 amide bonds. The summed E-state index contributed by atoms with van der Waals surface area (Å²) in [6, 6.07) is 3.13. The Hall–Kier alpha value is -1.78. The lowest BCUT2D eigenvalue weighted by atomic mass is 10.2. The van der Waals surface area contributed by atoms with Gasteiger partial charge in [0.15, 0.2) is 0 Å². The third kappa shape index (κ3) is 6.40. The van der Waals surface area contributed by atoms with Crippen molar-refractivity contribution in [2.45, 2.75) is 38.1 Å². The highest BCUT2D eigenvalue weighted by molar-refractivity contribution is 7.98. The van der Waals surface area contributed by atoms with Crippen LogP contribution in [0.15, 0.2) is 23.1 Å². The van der Waals surface area contributed by atoms with E-state index in [1.807, 2.05) is 6.26 Å². The lowest BCUT2D eigenvalue weighted by Crippen LogP contribution is -2.46. The van der Waals surface area contributed by atoms with Gasteiger partial charge in [-0.3, -0.25) is 4.79 Å². The minimum atomic E-state index is -3.65. The Morgan fingerprint density at radius 1 is 1.26 bits per heavy atom. The molecule has 27 heavy (non-hydrogen) atoms. The molecule has 1 aromatic carbocycles.